The Morgan fingerprint density at radius 1 is 1.73 bits per heavy atom. The van der Waals surface area contributed by atoms with Crippen LogP contribution in [0.5, 0.6) is 0 Å². The number of carbonyl (C=O) groups excluding carboxylic acids is 1. The van der Waals surface area contributed by atoms with E-state index < -0.39 is 6.04 Å². The molecule has 0 aromatic carbocycles. The summed E-state index contributed by atoms with van der Waals surface area (Å²) in [4.78, 5) is 12.4. The molecule has 0 spiro atoms. The minimum Gasteiger partial charge on any atom is -0.380 e. The average Bonchev–Trinajstić information content (AvgIpc) is 2.77. The van der Waals surface area contributed by atoms with Crippen molar-refractivity contribution in [3.8, 4) is 0 Å². The third kappa shape index (κ3) is 3.62. The summed E-state index contributed by atoms with van der Waals surface area (Å²) in [5.41, 5.74) is 5.77. The topological polar surface area (TPSA) is 64.3 Å². The maximum absolute atomic E-state index is 11.6. The lowest BCUT2D eigenvalue weighted by Gasteiger charge is -2.13. The Hall–Kier alpha value is -0.910. The first kappa shape index (κ1) is 12.2. The molecule has 1 aromatic rings. The molecule has 2 atom stereocenters. The van der Waals surface area contributed by atoms with Crippen LogP contribution in [0.3, 0.4) is 0 Å². The molecule has 0 saturated heterocycles. The molecule has 0 aliphatic heterocycles. The molecule has 15 heavy (non-hydrogen) atoms. The second-order valence-electron chi connectivity index (χ2n) is 3.28. The van der Waals surface area contributed by atoms with Crippen molar-refractivity contribution in [1.82, 2.24) is 5.32 Å². The van der Waals surface area contributed by atoms with Crippen LogP contribution in [-0.2, 0) is 9.53 Å². The highest BCUT2D eigenvalue weighted by Crippen LogP contribution is 2.16. The fraction of sp³-hybridized carbons (Fsp3) is 0.500. The van der Waals surface area contributed by atoms with E-state index in [1.165, 1.54) is 11.3 Å². The minimum absolute atomic E-state index is 0.00415. The molecule has 1 amide bonds. The standard InChI is InChI=1S/C10H16N2O2S/c1-7(14-2)6-12-10(13)9(11)8-4-3-5-15-8/h3-5,7,9H,6,11H2,1-2H3,(H,12,13). The normalized spacial score (nSPS) is 14.6. The summed E-state index contributed by atoms with van der Waals surface area (Å²) in [5, 5.41) is 4.64. The van der Waals surface area contributed by atoms with E-state index in [0.717, 1.165) is 4.88 Å². The number of thiophene rings is 1. The zero-order valence-corrected chi connectivity index (χ0v) is 9.71. The SMILES string of the molecule is COC(C)CNC(=O)C(N)c1cccs1. The number of ether oxygens (including phenoxy) is 1. The van der Waals surface area contributed by atoms with Crippen LogP contribution >= 0.6 is 11.3 Å². The van der Waals surface area contributed by atoms with Gasteiger partial charge in [0.05, 0.1) is 6.10 Å². The molecule has 5 heteroatoms. The van der Waals surface area contributed by atoms with Crippen molar-refractivity contribution in [3.05, 3.63) is 22.4 Å². The molecule has 1 rings (SSSR count). The Kier molecular flexibility index (Phi) is 4.74. The van der Waals surface area contributed by atoms with Gasteiger partial charge in [-0.2, -0.15) is 0 Å². The van der Waals surface area contributed by atoms with E-state index in [1.807, 2.05) is 24.4 Å². The van der Waals surface area contributed by atoms with Crippen LogP contribution in [0.1, 0.15) is 17.8 Å². The quantitative estimate of drug-likeness (QED) is 0.787. The molecule has 3 N–H and O–H groups in total. The van der Waals surface area contributed by atoms with E-state index in [9.17, 15) is 4.79 Å². The van der Waals surface area contributed by atoms with Gasteiger partial charge in [-0.25, -0.2) is 0 Å². The van der Waals surface area contributed by atoms with Crippen molar-refractivity contribution in [3.63, 3.8) is 0 Å². The molecule has 1 heterocycles. The Morgan fingerprint density at radius 2 is 2.47 bits per heavy atom. The van der Waals surface area contributed by atoms with Crippen LogP contribution in [0.4, 0.5) is 0 Å². The molecular formula is C10H16N2O2S. The fourth-order valence-electron chi connectivity index (χ4n) is 1.04. The van der Waals surface area contributed by atoms with Crippen LogP contribution in [0.25, 0.3) is 0 Å². The first-order valence-electron chi connectivity index (χ1n) is 4.74. The molecule has 2 unspecified atom stereocenters. The Balaban J connectivity index is 2.41. The summed E-state index contributed by atoms with van der Waals surface area (Å²) in [7, 11) is 1.61. The molecule has 0 aliphatic carbocycles. The monoisotopic (exact) mass is 228 g/mol. The largest absolute Gasteiger partial charge is 0.380 e. The molecule has 0 aliphatic rings. The number of hydrogen-bond donors (Lipinski definition) is 2. The number of methoxy groups -OCH3 is 1. The van der Waals surface area contributed by atoms with Gasteiger partial charge in [-0.05, 0) is 18.4 Å². The summed E-state index contributed by atoms with van der Waals surface area (Å²) in [5.74, 6) is -0.165. The number of nitrogens with one attached hydrogen (secondary N) is 1. The first-order valence-corrected chi connectivity index (χ1v) is 5.62. The summed E-state index contributed by atoms with van der Waals surface area (Å²) >= 11 is 1.48. The first-order chi connectivity index (χ1) is 7.15. The smallest absolute Gasteiger partial charge is 0.242 e. The fourth-order valence-corrected chi connectivity index (χ4v) is 1.76. The lowest BCUT2D eigenvalue weighted by atomic mass is 10.2. The number of rotatable bonds is 5. The van der Waals surface area contributed by atoms with Gasteiger partial charge < -0.3 is 15.8 Å². The third-order valence-electron chi connectivity index (χ3n) is 2.10. The van der Waals surface area contributed by atoms with E-state index >= 15 is 0 Å². The van der Waals surface area contributed by atoms with Crippen molar-refractivity contribution in [2.45, 2.75) is 19.1 Å². The van der Waals surface area contributed by atoms with Crippen molar-refractivity contribution in [2.24, 2.45) is 5.73 Å². The van der Waals surface area contributed by atoms with E-state index in [-0.39, 0.29) is 12.0 Å². The lowest BCUT2D eigenvalue weighted by molar-refractivity contribution is -0.122. The predicted molar refractivity (Wildman–Crippen MR) is 60.7 cm³/mol. The van der Waals surface area contributed by atoms with Crippen molar-refractivity contribution in [1.29, 1.82) is 0 Å². The highest BCUT2D eigenvalue weighted by molar-refractivity contribution is 7.10. The summed E-state index contributed by atoms with van der Waals surface area (Å²) < 4.78 is 5.02. The van der Waals surface area contributed by atoms with Crippen molar-refractivity contribution in [2.75, 3.05) is 13.7 Å². The van der Waals surface area contributed by atoms with Crippen LogP contribution in [-0.4, -0.2) is 25.7 Å². The van der Waals surface area contributed by atoms with Gasteiger partial charge in [0.1, 0.15) is 6.04 Å². The number of carbonyl (C=O) groups is 1. The van der Waals surface area contributed by atoms with Gasteiger partial charge >= 0.3 is 0 Å². The second-order valence-corrected chi connectivity index (χ2v) is 4.26. The van der Waals surface area contributed by atoms with Crippen molar-refractivity contribution < 1.29 is 9.53 Å². The van der Waals surface area contributed by atoms with Gasteiger partial charge in [0, 0.05) is 18.5 Å². The van der Waals surface area contributed by atoms with Crippen molar-refractivity contribution >= 4 is 17.2 Å². The summed E-state index contributed by atoms with van der Waals surface area (Å²) in [6, 6.07) is 3.16. The summed E-state index contributed by atoms with van der Waals surface area (Å²) in [6.45, 7) is 2.37. The Morgan fingerprint density at radius 3 is 3.00 bits per heavy atom. The highest BCUT2D eigenvalue weighted by atomic mass is 32.1. The maximum atomic E-state index is 11.6. The van der Waals surface area contributed by atoms with E-state index in [2.05, 4.69) is 5.32 Å². The van der Waals surface area contributed by atoms with Crippen LogP contribution in [0.15, 0.2) is 17.5 Å². The van der Waals surface area contributed by atoms with Crippen LogP contribution in [0, 0.1) is 0 Å². The number of hydrogen-bond acceptors (Lipinski definition) is 4. The van der Waals surface area contributed by atoms with E-state index in [1.54, 1.807) is 7.11 Å². The molecule has 0 saturated carbocycles. The predicted octanol–water partition coefficient (Wildman–Crippen LogP) is 0.899. The van der Waals surface area contributed by atoms with Crippen LogP contribution < -0.4 is 11.1 Å². The molecule has 84 valence electrons. The zero-order valence-electron chi connectivity index (χ0n) is 8.90. The van der Waals surface area contributed by atoms with Gasteiger partial charge in [0.2, 0.25) is 5.91 Å². The lowest BCUT2D eigenvalue weighted by Crippen LogP contribution is -2.37. The zero-order chi connectivity index (χ0) is 11.3. The molecule has 0 radical (unpaired) electrons. The number of nitrogens with two attached hydrogens (primary N) is 1. The van der Waals surface area contributed by atoms with E-state index in [4.69, 9.17) is 10.5 Å². The van der Waals surface area contributed by atoms with Gasteiger partial charge in [-0.15, -0.1) is 11.3 Å². The number of amides is 1. The molecule has 0 fully saturated rings. The van der Waals surface area contributed by atoms with E-state index in [0.29, 0.717) is 6.54 Å². The Bertz CT molecular complexity index is 300. The second kappa shape index (κ2) is 5.85. The molecule has 0 bridgehead atoms. The average molecular weight is 228 g/mol. The van der Waals surface area contributed by atoms with Gasteiger partial charge in [-0.1, -0.05) is 6.07 Å². The molecule has 1 aromatic heterocycles. The van der Waals surface area contributed by atoms with Gasteiger partial charge in [-0.3, -0.25) is 4.79 Å². The van der Waals surface area contributed by atoms with Gasteiger partial charge in [0.25, 0.3) is 0 Å². The molecule has 4 nitrogen and oxygen atoms in total. The highest BCUT2D eigenvalue weighted by Gasteiger charge is 2.16. The third-order valence-corrected chi connectivity index (χ3v) is 3.05. The van der Waals surface area contributed by atoms with Gasteiger partial charge in [0.15, 0.2) is 0 Å². The molecular weight excluding hydrogens is 212 g/mol. The minimum atomic E-state index is -0.575. The Labute approximate surface area is 93.4 Å². The summed E-state index contributed by atoms with van der Waals surface area (Å²) in [6.07, 6.45) is 0.00415. The van der Waals surface area contributed by atoms with Crippen LogP contribution in [0.2, 0.25) is 0 Å². The maximum Gasteiger partial charge on any atom is 0.242 e.